The molecule has 9 aromatic rings. The molecule has 0 atom stereocenters. The van der Waals surface area contributed by atoms with E-state index in [-0.39, 0.29) is 0 Å². The van der Waals surface area contributed by atoms with Gasteiger partial charge in [0.05, 0.1) is 0 Å². The third-order valence-corrected chi connectivity index (χ3v) is 10.3. The van der Waals surface area contributed by atoms with Crippen molar-refractivity contribution in [3.63, 3.8) is 0 Å². The van der Waals surface area contributed by atoms with Crippen LogP contribution in [0.2, 0.25) is 0 Å². The summed E-state index contributed by atoms with van der Waals surface area (Å²) >= 11 is 0. The molecule has 0 N–H and O–H groups in total. The van der Waals surface area contributed by atoms with Gasteiger partial charge in [-0.25, -0.2) is 9.36 Å². The van der Waals surface area contributed by atoms with E-state index in [4.69, 9.17) is 4.74 Å². The van der Waals surface area contributed by atoms with Gasteiger partial charge in [0.1, 0.15) is 17.2 Å². The maximum atomic E-state index is 15.6. The van der Waals surface area contributed by atoms with Crippen LogP contribution in [0, 0.1) is 0 Å². The number of hydrogen-bond acceptors (Lipinski definition) is 4. The molecule has 0 aliphatic rings. The first kappa shape index (κ1) is 36.3. The maximum Gasteiger partial charge on any atom is 0.421 e. The van der Waals surface area contributed by atoms with Gasteiger partial charge in [-0.15, -0.1) is 0 Å². The average molecular weight is 754 g/mol. The van der Waals surface area contributed by atoms with Crippen LogP contribution in [0.3, 0.4) is 0 Å². The molecule has 0 aliphatic carbocycles. The molecule has 0 spiro atoms. The van der Waals surface area contributed by atoms with Gasteiger partial charge in [-0.2, -0.15) is 0 Å². The van der Waals surface area contributed by atoms with Crippen molar-refractivity contribution in [2.45, 2.75) is 26.4 Å². The van der Waals surface area contributed by atoms with Gasteiger partial charge in [0.15, 0.2) is 0 Å². The molecule has 9 rings (SSSR count). The fourth-order valence-corrected chi connectivity index (χ4v) is 7.78. The van der Waals surface area contributed by atoms with Crippen LogP contribution in [-0.2, 0) is 4.74 Å². The van der Waals surface area contributed by atoms with Crippen molar-refractivity contribution < 1.29 is 9.53 Å². The van der Waals surface area contributed by atoms with E-state index in [9.17, 15) is 0 Å². The molecule has 5 nitrogen and oxygen atoms in total. The van der Waals surface area contributed by atoms with Crippen LogP contribution in [0.1, 0.15) is 20.8 Å². The summed E-state index contributed by atoms with van der Waals surface area (Å²) in [6, 6.07) is 71.0. The highest BCUT2D eigenvalue weighted by Gasteiger charge is 2.38. The molecule has 0 aliphatic heterocycles. The number of rotatable bonds is 8. The summed E-state index contributed by atoms with van der Waals surface area (Å²) in [7, 11) is 0. The predicted octanol–water partition coefficient (Wildman–Crippen LogP) is 14.9. The summed E-state index contributed by atoms with van der Waals surface area (Å²) in [5.74, 6) is 1.30. The zero-order valence-electron chi connectivity index (χ0n) is 32.8. The number of carbonyl (C=O) groups excluding carboxylic acids is 1. The Morgan fingerprint density at radius 2 is 0.759 bits per heavy atom. The molecule has 5 heteroatoms. The number of hydrogen-bond donors (Lipinski definition) is 0. The number of para-hydroxylation sites is 2. The average Bonchev–Trinajstić information content (AvgIpc) is 3.59. The summed E-state index contributed by atoms with van der Waals surface area (Å²) in [5, 5.41) is 4.43. The molecule has 282 valence electrons. The number of anilines is 6. The lowest BCUT2D eigenvalue weighted by Crippen LogP contribution is -2.30. The second-order valence-corrected chi connectivity index (χ2v) is 15.3. The van der Waals surface area contributed by atoms with Crippen LogP contribution >= 0.6 is 0 Å². The number of carbonyl (C=O) groups is 1. The van der Waals surface area contributed by atoms with Gasteiger partial charge in [0.2, 0.25) is 0 Å². The fourth-order valence-electron chi connectivity index (χ4n) is 7.78. The van der Waals surface area contributed by atoms with E-state index in [1.807, 2.05) is 69.3 Å². The Bertz CT molecular complexity index is 2680. The highest BCUT2D eigenvalue weighted by molar-refractivity contribution is 6.09. The van der Waals surface area contributed by atoms with E-state index in [1.165, 1.54) is 0 Å². The van der Waals surface area contributed by atoms with Crippen LogP contribution < -0.4 is 9.80 Å². The molecule has 1 aromatic heterocycles. The molecular formula is C53H43N3O2. The quantitative estimate of drug-likeness (QED) is 0.155. The molecule has 0 fully saturated rings. The van der Waals surface area contributed by atoms with Crippen LogP contribution in [-0.4, -0.2) is 16.3 Å². The molecule has 0 saturated heterocycles. The Hall–Kier alpha value is -7.37. The van der Waals surface area contributed by atoms with E-state index >= 15 is 4.79 Å². The minimum absolute atomic E-state index is 0.500. The van der Waals surface area contributed by atoms with Gasteiger partial charge in [0.25, 0.3) is 0 Å². The zero-order chi connectivity index (χ0) is 39.6. The number of ether oxygens (including phenoxy) is 1. The molecule has 58 heavy (non-hydrogen) atoms. The number of nitrogens with zero attached hydrogens (tertiary/aromatic N) is 3. The van der Waals surface area contributed by atoms with E-state index in [0.717, 1.165) is 66.5 Å². The Kier molecular flexibility index (Phi) is 9.56. The molecule has 0 saturated carbocycles. The predicted molar refractivity (Wildman–Crippen MR) is 241 cm³/mol. The summed E-state index contributed by atoms with van der Waals surface area (Å²) in [4.78, 5) is 20.0. The van der Waals surface area contributed by atoms with Crippen molar-refractivity contribution in [1.29, 1.82) is 0 Å². The minimum atomic E-state index is -0.809. The van der Waals surface area contributed by atoms with Gasteiger partial charge in [0, 0.05) is 33.9 Å². The third kappa shape index (κ3) is 6.99. The van der Waals surface area contributed by atoms with Crippen LogP contribution in [0.15, 0.2) is 206 Å². The smallest absolute Gasteiger partial charge is 0.421 e. The number of benzene rings is 8. The maximum absolute atomic E-state index is 15.6. The van der Waals surface area contributed by atoms with E-state index in [2.05, 4.69) is 168 Å². The minimum Gasteiger partial charge on any atom is -0.443 e. The lowest BCUT2D eigenvalue weighted by atomic mass is 9.96. The highest BCUT2D eigenvalue weighted by Crippen LogP contribution is 2.55. The molecule has 0 amide bonds. The SMILES string of the molecule is CC(C)(C)OC(=O)n1c(N(c2ccccc2)c2ccc3ccccc3c2)c(-c2ccccc2)c(-c2ccccc2)c1N(c1ccccc1)c1ccc2ccccc2c1. The normalized spacial score (nSPS) is 11.4. The van der Waals surface area contributed by atoms with Crippen molar-refractivity contribution in [3.05, 3.63) is 206 Å². The van der Waals surface area contributed by atoms with Gasteiger partial charge >= 0.3 is 6.09 Å². The largest absolute Gasteiger partial charge is 0.443 e. The number of aromatic nitrogens is 1. The van der Waals surface area contributed by atoms with E-state index in [0.29, 0.717) is 11.6 Å². The van der Waals surface area contributed by atoms with Crippen molar-refractivity contribution >= 4 is 62.0 Å². The lowest BCUT2D eigenvalue weighted by Gasteiger charge is -2.31. The van der Waals surface area contributed by atoms with Crippen molar-refractivity contribution in [2.75, 3.05) is 9.80 Å². The third-order valence-electron chi connectivity index (χ3n) is 10.3. The van der Waals surface area contributed by atoms with Crippen molar-refractivity contribution in [3.8, 4) is 22.3 Å². The summed E-state index contributed by atoms with van der Waals surface area (Å²) < 4.78 is 8.31. The fraction of sp³-hybridized carbons (Fsp3) is 0.0755. The molecule has 0 bridgehead atoms. The first-order chi connectivity index (χ1) is 28.3. The molecule has 0 radical (unpaired) electrons. The Morgan fingerprint density at radius 3 is 1.14 bits per heavy atom. The van der Waals surface area contributed by atoms with Crippen LogP contribution in [0.4, 0.5) is 39.2 Å². The van der Waals surface area contributed by atoms with Crippen LogP contribution in [0.5, 0.6) is 0 Å². The first-order valence-electron chi connectivity index (χ1n) is 19.6. The standard InChI is InChI=1S/C53H43N3O2/c1-53(2,3)58-52(57)56-50(54(44-28-12-6-13-29-44)46-34-32-38-20-16-18-26-42(38)36-46)48(40-22-8-4-9-23-40)49(41-24-10-5-11-25-41)51(56)55(45-30-14-7-15-31-45)47-35-33-39-21-17-19-27-43(39)37-47/h4-37H,1-3H3. The van der Waals surface area contributed by atoms with Crippen molar-refractivity contribution in [2.24, 2.45) is 0 Å². The summed E-state index contributed by atoms with van der Waals surface area (Å²) in [6.07, 6.45) is -0.500. The van der Waals surface area contributed by atoms with Gasteiger partial charge in [-0.1, -0.05) is 158 Å². The monoisotopic (exact) mass is 753 g/mol. The Morgan fingerprint density at radius 1 is 0.414 bits per heavy atom. The number of fused-ring (bicyclic) bond motifs is 2. The lowest BCUT2D eigenvalue weighted by molar-refractivity contribution is 0.0543. The molecule has 1 heterocycles. The zero-order valence-corrected chi connectivity index (χ0v) is 32.8. The molecule has 0 unspecified atom stereocenters. The van der Waals surface area contributed by atoms with Gasteiger partial charge in [-0.3, -0.25) is 9.80 Å². The van der Waals surface area contributed by atoms with E-state index < -0.39 is 11.7 Å². The first-order valence-corrected chi connectivity index (χ1v) is 19.6. The van der Waals surface area contributed by atoms with Gasteiger partial charge < -0.3 is 4.74 Å². The Balaban J connectivity index is 1.50. The van der Waals surface area contributed by atoms with E-state index in [1.54, 1.807) is 4.57 Å². The Labute approximate surface area is 339 Å². The second kappa shape index (κ2) is 15.3. The van der Waals surface area contributed by atoms with Crippen LogP contribution in [0.25, 0.3) is 43.8 Å². The highest BCUT2D eigenvalue weighted by atomic mass is 16.6. The van der Waals surface area contributed by atoms with Crippen molar-refractivity contribution in [1.82, 2.24) is 4.57 Å². The second-order valence-electron chi connectivity index (χ2n) is 15.3. The summed E-state index contributed by atoms with van der Waals surface area (Å²) in [6.45, 7) is 5.75. The topological polar surface area (TPSA) is 37.7 Å². The molecule has 8 aromatic carbocycles. The summed E-state index contributed by atoms with van der Waals surface area (Å²) in [5.41, 5.74) is 6.43. The van der Waals surface area contributed by atoms with Gasteiger partial charge in [-0.05, 0) is 102 Å². The molecular weight excluding hydrogens is 711 g/mol.